The van der Waals surface area contributed by atoms with Gasteiger partial charge in [0.1, 0.15) is 0 Å². The maximum atomic E-state index is 12.0. The Balaban J connectivity index is 1.54. The van der Waals surface area contributed by atoms with Crippen molar-refractivity contribution in [2.24, 2.45) is 0 Å². The Bertz CT molecular complexity index is 678. The van der Waals surface area contributed by atoms with Gasteiger partial charge in [0.25, 0.3) is 0 Å². The third-order valence-corrected chi connectivity index (χ3v) is 4.03. The number of amides is 1. The van der Waals surface area contributed by atoms with Crippen LogP contribution in [0.25, 0.3) is 10.9 Å². The van der Waals surface area contributed by atoms with E-state index in [9.17, 15) is 13.6 Å². The Labute approximate surface area is 127 Å². The zero-order valence-corrected chi connectivity index (χ0v) is 12.3. The first-order chi connectivity index (χ1) is 10.5. The Hall–Kier alpha value is -1.95. The lowest BCUT2D eigenvalue weighted by Crippen LogP contribution is -2.55. The summed E-state index contributed by atoms with van der Waals surface area (Å²) in [5.74, 6) is -0.0175. The van der Waals surface area contributed by atoms with Gasteiger partial charge in [-0.15, -0.1) is 0 Å². The molecular weight excluding hydrogens is 290 g/mol. The number of aryl methyl sites for hydroxylation is 2. The number of hydrogen-bond donors (Lipinski definition) is 1. The molecule has 2 aromatic rings. The van der Waals surface area contributed by atoms with Crippen molar-refractivity contribution >= 4 is 16.8 Å². The predicted octanol–water partition coefficient (Wildman–Crippen LogP) is 2.86. The number of nitrogens with one attached hydrogen (secondary N) is 1. The summed E-state index contributed by atoms with van der Waals surface area (Å²) in [5.41, 5.74) is 3.34. The number of aromatic nitrogens is 1. The van der Waals surface area contributed by atoms with Gasteiger partial charge in [-0.25, -0.2) is 0 Å². The number of rotatable bonds is 5. The largest absolute Gasteiger partial charge is 0.361 e. The summed E-state index contributed by atoms with van der Waals surface area (Å²) < 4.78 is 28.4. The number of ether oxygens (including phenoxy) is 1. The molecule has 0 aliphatic carbocycles. The third-order valence-electron chi connectivity index (χ3n) is 4.03. The fourth-order valence-corrected chi connectivity index (χ4v) is 2.77. The molecule has 1 aromatic carbocycles. The summed E-state index contributed by atoms with van der Waals surface area (Å²) in [6.45, 7) is -0.214. The van der Waals surface area contributed by atoms with Crippen molar-refractivity contribution in [1.29, 1.82) is 0 Å². The molecule has 0 saturated carbocycles. The number of alkyl halides is 2. The summed E-state index contributed by atoms with van der Waals surface area (Å²) in [7, 11) is 0. The fraction of sp³-hybridized carbons (Fsp3) is 0.438. The van der Waals surface area contributed by atoms with Crippen LogP contribution in [0.2, 0.25) is 0 Å². The lowest BCUT2D eigenvalue weighted by molar-refractivity contribution is -0.198. The molecule has 22 heavy (non-hydrogen) atoms. The maximum absolute atomic E-state index is 12.0. The van der Waals surface area contributed by atoms with E-state index in [0.717, 1.165) is 16.5 Å². The topological polar surface area (TPSA) is 45.3 Å². The van der Waals surface area contributed by atoms with Crippen molar-refractivity contribution in [2.45, 2.75) is 32.5 Å². The first-order valence-electron chi connectivity index (χ1n) is 7.31. The number of carbonyl (C=O) groups is 1. The Morgan fingerprint density at radius 2 is 2.23 bits per heavy atom. The molecule has 118 valence electrons. The zero-order valence-electron chi connectivity index (χ0n) is 12.3. The summed E-state index contributed by atoms with van der Waals surface area (Å²) in [5, 5.41) is 1.13. The molecule has 0 bridgehead atoms. The highest BCUT2D eigenvalue weighted by Crippen LogP contribution is 2.22. The fourth-order valence-electron chi connectivity index (χ4n) is 2.77. The highest BCUT2D eigenvalue weighted by molar-refractivity contribution is 5.85. The lowest BCUT2D eigenvalue weighted by Gasteiger charge is -2.38. The Kier molecular flexibility index (Phi) is 4.11. The van der Waals surface area contributed by atoms with Crippen molar-refractivity contribution in [3.8, 4) is 0 Å². The highest BCUT2D eigenvalue weighted by Gasteiger charge is 2.32. The van der Waals surface area contributed by atoms with E-state index in [1.54, 1.807) is 4.90 Å². The van der Waals surface area contributed by atoms with Crippen molar-refractivity contribution in [3.05, 3.63) is 35.5 Å². The van der Waals surface area contributed by atoms with Crippen LogP contribution in [0.5, 0.6) is 0 Å². The average molecular weight is 308 g/mol. The molecule has 6 heteroatoms. The van der Waals surface area contributed by atoms with E-state index in [2.05, 4.69) is 15.8 Å². The molecule has 1 aromatic heterocycles. The minimum absolute atomic E-state index is 0.0175. The van der Waals surface area contributed by atoms with Crippen LogP contribution in [0.3, 0.4) is 0 Å². The molecule has 0 radical (unpaired) electrons. The monoisotopic (exact) mass is 308 g/mol. The van der Waals surface area contributed by atoms with Crippen LogP contribution < -0.4 is 0 Å². The van der Waals surface area contributed by atoms with Crippen molar-refractivity contribution in [2.75, 3.05) is 13.1 Å². The second-order valence-electron chi connectivity index (χ2n) is 5.68. The summed E-state index contributed by atoms with van der Waals surface area (Å²) in [6, 6.07) is 6.16. The minimum Gasteiger partial charge on any atom is -0.361 e. The number of benzene rings is 1. The standard InChI is InChI=1S/C16H18F2N2O2/c1-10-2-4-14-13(6-10)11(7-19-14)3-5-15(21)20-8-12(9-20)22-16(17)18/h2,4,6-7,12,16,19H,3,5,8-9H2,1H3. The van der Waals surface area contributed by atoms with Gasteiger partial charge in [-0.05, 0) is 31.0 Å². The SMILES string of the molecule is Cc1ccc2[nH]cc(CCC(=O)N3CC(OC(F)F)C3)c2c1. The van der Waals surface area contributed by atoms with E-state index in [4.69, 9.17) is 0 Å². The van der Waals surface area contributed by atoms with Crippen LogP contribution in [-0.2, 0) is 16.0 Å². The van der Waals surface area contributed by atoms with Gasteiger partial charge in [-0.2, -0.15) is 8.78 Å². The summed E-state index contributed by atoms with van der Waals surface area (Å²) >= 11 is 0. The molecule has 0 spiro atoms. The third kappa shape index (κ3) is 3.11. The number of hydrogen-bond acceptors (Lipinski definition) is 2. The number of halogens is 2. The summed E-state index contributed by atoms with van der Waals surface area (Å²) in [4.78, 5) is 16.8. The van der Waals surface area contributed by atoms with Crippen LogP contribution in [0.4, 0.5) is 8.78 Å². The lowest BCUT2D eigenvalue weighted by atomic mass is 10.0. The number of H-pyrrole nitrogens is 1. The van der Waals surface area contributed by atoms with Crippen LogP contribution in [0.15, 0.2) is 24.4 Å². The molecule has 1 amide bonds. The summed E-state index contributed by atoms with van der Waals surface area (Å²) in [6.07, 6.45) is 2.41. The van der Waals surface area contributed by atoms with E-state index >= 15 is 0 Å². The number of nitrogens with zero attached hydrogens (tertiary/aromatic N) is 1. The number of aromatic amines is 1. The number of carbonyl (C=O) groups excluding carboxylic acids is 1. The van der Waals surface area contributed by atoms with Crippen LogP contribution in [0, 0.1) is 6.92 Å². The van der Waals surface area contributed by atoms with Crippen molar-refractivity contribution in [3.63, 3.8) is 0 Å². The van der Waals surface area contributed by atoms with Crippen LogP contribution >= 0.6 is 0 Å². The van der Waals surface area contributed by atoms with Crippen molar-refractivity contribution < 1.29 is 18.3 Å². The van der Waals surface area contributed by atoms with E-state index < -0.39 is 12.7 Å². The molecule has 1 aliphatic rings. The van der Waals surface area contributed by atoms with Gasteiger partial charge in [-0.1, -0.05) is 11.6 Å². The number of likely N-dealkylation sites (tertiary alicyclic amines) is 1. The molecular formula is C16H18F2N2O2. The Morgan fingerprint density at radius 3 is 2.95 bits per heavy atom. The van der Waals surface area contributed by atoms with Gasteiger partial charge in [0.05, 0.1) is 6.10 Å². The van der Waals surface area contributed by atoms with Gasteiger partial charge in [0.15, 0.2) is 0 Å². The van der Waals surface area contributed by atoms with E-state index in [0.29, 0.717) is 12.8 Å². The molecule has 0 unspecified atom stereocenters. The number of fused-ring (bicyclic) bond motifs is 1. The molecule has 1 aliphatic heterocycles. The molecule has 3 rings (SSSR count). The first-order valence-corrected chi connectivity index (χ1v) is 7.31. The maximum Gasteiger partial charge on any atom is 0.345 e. The van der Waals surface area contributed by atoms with Gasteiger partial charge in [0, 0.05) is 36.6 Å². The average Bonchev–Trinajstić information content (AvgIpc) is 2.82. The quantitative estimate of drug-likeness (QED) is 0.923. The second kappa shape index (κ2) is 6.04. The Morgan fingerprint density at radius 1 is 1.45 bits per heavy atom. The predicted molar refractivity (Wildman–Crippen MR) is 78.8 cm³/mol. The molecule has 4 nitrogen and oxygen atoms in total. The molecule has 1 saturated heterocycles. The van der Waals surface area contributed by atoms with E-state index in [-0.39, 0.29) is 19.0 Å². The van der Waals surface area contributed by atoms with Crippen LogP contribution in [-0.4, -0.2) is 41.6 Å². The smallest absolute Gasteiger partial charge is 0.345 e. The molecule has 1 fully saturated rings. The molecule has 0 atom stereocenters. The van der Waals surface area contributed by atoms with E-state index in [1.165, 1.54) is 5.56 Å². The van der Waals surface area contributed by atoms with Gasteiger partial charge < -0.3 is 14.6 Å². The normalized spacial score (nSPS) is 15.5. The minimum atomic E-state index is -2.77. The van der Waals surface area contributed by atoms with E-state index in [1.807, 2.05) is 25.3 Å². The zero-order chi connectivity index (χ0) is 15.7. The van der Waals surface area contributed by atoms with Gasteiger partial charge in [0.2, 0.25) is 5.91 Å². The van der Waals surface area contributed by atoms with Gasteiger partial charge >= 0.3 is 6.61 Å². The second-order valence-corrected chi connectivity index (χ2v) is 5.68. The van der Waals surface area contributed by atoms with Gasteiger partial charge in [-0.3, -0.25) is 4.79 Å². The first kappa shape index (κ1) is 15.0. The highest BCUT2D eigenvalue weighted by atomic mass is 19.3. The van der Waals surface area contributed by atoms with Crippen molar-refractivity contribution in [1.82, 2.24) is 9.88 Å². The molecule has 2 heterocycles. The molecule has 1 N–H and O–H groups in total. The van der Waals surface area contributed by atoms with Crippen LogP contribution in [0.1, 0.15) is 17.5 Å².